The first-order chi connectivity index (χ1) is 10.1. The molecule has 0 radical (unpaired) electrons. The molecule has 0 saturated carbocycles. The van der Waals surface area contributed by atoms with Gasteiger partial charge in [0.25, 0.3) is 5.56 Å². The van der Waals surface area contributed by atoms with Gasteiger partial charge in [0.1, 0.15) is 0 Å². The molecule has 108 valence electrons. The maximum absolute atomic E-state index is 12.0. The van der Waals surface area contributed by atoms with Crippen LogP contribution in [0.2, 0.25) is 0 Å². The first kappa shape index (κ1) is 13.5. The molecule has 5 heteroatoms. The smallest absolute Gasteiger partial charge is 0.257 e. The molecular formula is C16H18N4O. The molecule has 0 fully saturated rings. The van der Waals surface area contributed by atoms with E-state index in [-0.39, 0.29) is 5.56 Å². The number of pyridine rings is 2. The van der Waals surface area contributed by atoms with E-state index in [1.807, 2.05) is 30.7 Å². The molecule has 21 heavy (non-hydrogen) atoms. The summed E-state index contributed by atoms with van der Waals surface area (Å²) in [5.41, 5.74) is 4.09. The third-order valence-electron chi connectivity index (χ3n) is 3.60. The fourth-order valence-corrected chi connectivity index (χ4v) is 2.70. The topological polar surface area (TPSA) is 63.6 Å². The number of nitrogens with one attached hydrogen (secondary N) is 1. The fraction of sp³-hybridized carbons (Fsp3) is 0.312. The highest BCUT2D eigenvalue weighted by atomic mass is 16.1. The summed E-state index contributed by atoms with van der Waals surface area (Å²) < 4.78 is 1.93. The van der Waals surface area contributed by atoms with Crippen LogP contribution in [-0.2, 0) is 6.54 Å². The zero-order valence-corrected chi connectivity index (χ0v) is 12.5. The quantitative estimate of drug-likeness (QED) is 0.803. The van der Waals surface area contributed by atoms with Crippen molar-refractivity contribution in [3.8, 4) is 11.3 Å². The second-order valence-electron chi connectivity index (χ2n) is 5.24. The van der Waals surface area contributed by atoms with Crippen molar-refractivity contribution >= 4 is 11.0 Å². The number of aromatic amines is 1. The van der Waals surface area contributed by atoms with Crippen LogP contribution in [0.15, 0.2) is 29.2 Å². The number of nitrogens with zero attached hydrogens (tertiary/aromatic N) is 3. The second kappa shape index (κ2) is 5.16. The molecule has 0 aliphatic rings. The van der Waals surface area contributed by atoms with E-state index < -0.39 is 0 Å². The van der Waals surface area contributed by atoms with Gasteiger partial charge in [-0.1, -0.05) is 6.92 Å². The van der Waals surface area contributed by atoms with E-state index in [4.69, 9.17) is 0 Å². The third-order valence-corrected chi connectivity index (χ3v) is 3.60. The Balaban J connectivity index is 2.30. The number of hydrogen-bond donors (Lipinski definition) is 1. The van der Waals surface area contributed by atoms with Crippen LogP contribution in [0, 0.1) is 13.8 Å². The Morgan fingerprint density at radius 1 is 1.33 bits per heavy atom. The van der Waals surface area contributed by atoms with Crippen molar-refractivity contribution in [2.75, 3.05) is 0 Å². The zero-order chi connectivity index (χ0) is 15.0. The summed E-state index contributed by atoms with van der Waals surface area (Å²) in [6, 6.07) is 5.56. The lowest BCUT2D eigenvalue weighted by atomic mass is 10.1. The van der Waals surface area contributed by atoms with Crippen LogP contribution >= 0.6 is 0 Å². The van der Waals surface area contributed by atoms with E-state index in [1.54, 1.807) is 12.3 Å². The van der Waals surface area contributed by atoms with Crippen LogP contribution in [-0.4, -0.2) is 19.7 Å². The summed E-state index contributed by atoms with van der Waals surface area (Å²) >= 11 is 0. The average Bonchev–Trinajstić information content (AvgIpc) is 2.77. The van der Waals surface area contributed by atoms with Crippen molar-refractivity contribution in [3.63, 3.8) is 0 Å². The van der Waals surface area contributed by atoms with Crippen molar-refractivity contribution < 1.29 is 0 Å². The molecule has 5 nitrogen and oxygen atoms in total. The maximum Gasteiger partial charge on any atom is 0.257 e. The van der Waals surface area contributed by atoms with E-state index >= 15 is 0 Å². The number of fused-ring (bicyclic) bond motifs is 1. The molecule has 0 amide bonds. The molecule has 3 heterocycles. The molecule has 3 rings (SSSR count). The Kier molecular flexibility index (Phi) is 3.33. The number of aryl methyl sites for hydroxylation is 3. The van der Waals surface area contributed by atoms with Crippen LogP contribution < -0.4 is 5.56 Å². The minimum absolute atomic E-state index is 0.123. The van der Waals surface area contributed by atoms with Gasteiger partial charge in [0.2, 0.25) is 0 Å². The molecular weight excluding hydrogens is 264 g/mol. The molecule has 0 aromatic carbocycles. The predicted molar refractivity (Wildman–Crippen MR) is 83.3 cm³/mol. The highest BCUT2D eigenvalue weighted by Crippen LogP contribution is 2.25. The predicted octanol–water partition coefficient (Wildman–Crippen LogP) is 2.81. The van der Waals surface area contributed by atoms with E-state index in [0.717, 1.165) is 35.3 Å². The van der Waals surface area contributed by atoms with Crippen LogP contribution in [0.25, 0.3) is 22.3 Å². The lowest BCUT2D eigenvalue weighted by Gasteiger charge is -2.05. The molecule has 3 aromatic heterocycles. The molecule has 0 bridgehead atoms. The van der Waals surface area contributed by atoms with Crippen LogP contribution in [0.3, 0.4) is 0 Å². The van der Waals surface area contributed by atoms with Gasteiger partial charge in [-0.05, 0) is 44.0 Å². The molecule has 0 saturated heterocycles. The highest BCUT2D eigenvalue weighted by molar-refractivity contribution is 5.84. The van der Waals surface area contributed by atoms with Gasteiger partial charge in [-0.2, -0.15) is 5.10 Å². The molecule has 3 aromatic rings. The van der Waals surface area contributed by atoms with Crippen molar-refractivity contribution in [1.82, 2.24) is 19.7 Å². The Morgan fingerprint density at radius 3 is 2.86 bits per heavy atom. The zero-order valence-electron chi connectivity index (χ0n) is 12.5. The molecule has 0 unspecified atom stereocenters. The fourth-order valence-electron chi connectivity index (χ4n) is 2.70. The first-order valence-electron chi connectivity index (χ1n) is 7.14. The van der Waals surface area contributed by atoms with Gasteiger partial charge in [-0.25, -0.2) is 9.67 Å². The average molecular weight is 282 g/mol. The lowest BCUT2D eigenvalue weighted by Crippen LogP contribution is -2.08. The Hall–Kier alpha value is -2.43. The number of aromatic nitrogens is 4. The lowest BCUT2D eigenvalue weighted by molar-refractivity contribution is 0.612. The molecule has 0 aliphatic heterocycles. The summed E-state index contributed by atoms with van der Waals surface area (Å²) in [5.74, 6) is 0. The van der Waals surface area contributed by atoms with Gasteiger partial charge < -0.3 is 4.98 Å². The summed E-state index contributed by atoms with van der Waals surface area (Å²) in [7, 11) is 0. The minimum Gasteiger partial charge on any atom is -0.329 e. The number of H-pyrrole nitrogens is 1. The van der Waals surface area contributed by atoms with E-state index in [1.165, 1.54) is 0 Å². The molecule has 0 atom stereocenters. The minimum atomic E-state index is -0.123. The first-order valence-corrected chi connectivity index (χ1v) is 7.14. The summed E-state index contributed by atoms with van der Waals surface area (Å²) in [4.78, 5) is 19.3. The van der Waals surface area contributed by atoms with E-state index in [2.05, 4.69) is 22.0 Å². The van der Waals surface area contributed by atoms with Crippen molar-refractivity contribution in [2.45, 2.75) is 33.7 Å². The van der Waals surface area contributed by atoms with Crippen molar-refractivity contribution in [3.05, 3.63) is 46.0 Å². The number of hydrogen-bond acceptors (Lipinski definition) is 3. The maximum atomic E-state index is 12.0. The Labute approximate surface area is 122 Å². The van der Waals surface area contributed by atoms with Crippen molar-refractivity contribution in [1.29, 1.82) is 0 Å². The van der Waals surface area contributed by atoms with Crippen molar-refractivity contribution in [2.24, 2.45) is 0 Å². The Morgan fingerprint density at radius 2 is 2.14 bits per heavy atom. The standard InChI is InChI=1S/C16H18N4O/c1-4-8-20-15-14(11(3)19-20)10(2)9-13(18-15)12-6-5-7-17-16(12)21/h5-7,9H,4,8H2,1-3H3,(H,17,21). The third kappa shape index (κ3) is 2.24. The van der Waals surface area contributed by atoms with Gasteiger partial charge >= 0.3 is 0 Å². The largest absolute Gasteiger partial charge is 0.329 e. The van der Waals surface area contributed by atoms with Gasteiger partial charge in [0, 0.05) is 18.1 Å². The normalized spacial score (nSPS) is 11.2. The molecule has 1 N–H and O–H groups in total. The van der Waals surface area contributed by atoms with Gasteiger partial charge in [0.15, 0.2) is 5.65 Å². The summed E-state index contributed by atoms with van der Waals surface area (Å²) in [6.07, 6.45) is 2.62. The van der Waals surface area contributed by atoms with Crippen LogP contribution in [0.5, 0.6) is 0 Å². The highest BCUT2D eigenvalue weighted by Gasteiger charge is 2.14. The summed E-state index contributed by atoms with van der Waals surface area (Å²) in [5, 5.41) is 5.65. The van der Waals surface area contributed by atoms with Crippen LogP contribution in [0.1, 0.15) is 24.6 Å². The molecule has 0 spiro atoms. The SMILES string of the molecule is CCCn1nc(C)c2c(C)cc(-c3ccc[nH]c3=O)nc21. The number of rotatable bonds is 3. The van der Waals surface area contributed by atoms with Gasteiger partial charge in [-0.15, -0.1) is 0 Å². The van der Waals surface area contributed by atoms with Gasteiger partial charge in [-0.3, -0.25) is 4.79 Å². The molecule has 0 aliphatic carbocycles. The van der Waals surface area contributed by atoms with E-state index in [9.17, 15) is 4.79 Å². The van der Waals surface area contributed by atoms with Crippen LogP contribution in [0.4, 0.5) is 0 Å². The Bertz CT molecular complexity index is 860. The van der Waals surface area contributed by atoms with Gasteiger partial charge in [0.05, 0.1) is 17.0 Å². The van der Waals surface area contributed by atoms with E-state index in [0.29, 0.717) is 11.3 Å². The monoisotopic (exact) mass is 282 g/mol. The summed E-state index contributed by atoms with van der Waals surface area (Å²) in [6.45, 7) is 6.97. The second-order valence-corrected chi connectivity index (χ2v) is 5.24.